The highest BCUT2D eigenvalue weighted by Crippen LogP contribution is 2.55. The highest BCUT2D eigenvalue weighted by atomic mass is 16.2. The highest BCUT2D eigenvalue weighted by Gasteiger charge is 2.51. The Kier molecular flexibility index (Phi) is 4.55. The van der Waals surface area contributed by atoms with Gasteiger partial charge in [0.15, 0.2) is 0 Å². The van der Waals surface area contributed by atoms with E-state index in [1.54, 1.807) is 19.1 Å². The second-order valence-corrected chi connectivity index (χ2v) is 8.58. The molecule has 4 aliphatic rings. The SMILES string of the molecule is C/C(CC(=O)NC12CC3CC(CC(C3)C1)C2)=N/NC(=O)c1ccccc1. The number of amides is 2. The number of hydrazone groups is 1. The first-order chi connectivity index (χ1) is 12.5. The summed E-state index contributed by atoms with van der Waals surface area (Å²) in [6.07, 6.45) is 7.75. The smallest absolute Gasteiger partial charge is 0.271 e. The molecule has 4 fully saturated rings. The van der Waals surface area contributed by atoms with E-state index in [1.165, 1.54) is 19.3 Å². The number of hydrogen-bond donors (Lipinski definition) is 2. The molecule has 0 aromatic heterocycles. The third-order valence-corrected chi connectivity index (χ3v) is 6.24. The van der Waals surface area contributed by atoms with Crippen molar-refractivity contribution in [3.63, 3.8) is 0 Å². The molecule has 138 valence electrons. The fourth-order valence-electron chi connectivity index (χ4n) is 5.68. The van der Waals surface area contributed by atoms with Gasteiger partial charge in [-0.1, -0.05) is 18.2 Å². The summed E-state index contributed by atoms with van der Waals surface area (Å²) >= 11 is 0. The zero-order chi connectivity index (χ0) is 18.1. The first kappa shape index (κ1) is 17.3. The highest BCUT2D eigenvalue weighted by molar-refractivity contribution is 6.01. The van der Waals surface area contributed by atoms with Gasteiger partial charge in [0.25, 0.3) is 5.91 Å². The van der Waals surface area contributed by atoms with Crippen molar-refractivity contribution in [1.29, 1.82) is 0 Å². The Morgan fingerprint density at radius 2 is 1.62 bits per heavy atom. The van der Waals surface area contributed by atoms with Crippen LogP contribution in [0.2, 0.25) is 0 Å². The lowest BCUT2D eigenvalue weighted by Crippen LogP contribution is -2.60. The summed E-state index contributed by atoms with van der Waals surface area (Å²) in [6, 6.07) is 8.95. The normalized spacial score (nSPS) is 32.3. The summed E-state index contributed by atoms with van der Waals surface area (Å²) in [5.41, 5.74) is 3.74. The Hall–Kier alpha value is -2.17. The van der Waals surface area contributed by atoms with Gasteiger partial charge in [0.05, 0.1) is 6.42 Å². The van der Waals surface area contributed by atoms with Crippen molar-refractivity contribution in [2.45, 2.75) is 57.4 Å². The number of carbonyl (C=O) groups excluding carboxylic acids is 2. The van der Waals surface area contributed by atoms with Crippen molar-refractivity contribution >= 4 is 17.5 Å². The average molecular weight is 353 g/mol. The Balaban J connectivity index is 1.31. The Bertz CT molecular complexity index is 691. The summed E-state index contributed by atoms with van der Waals surface area (Å²) in [5.74, 6) is 2.19. The molecule has 1 aromatic rings. The van der Waals surface area contributed by atoms with E-state index >= 15 is 0 Å². The molecular formula is C21H27N3O2. The molecule has 0 radical (unpaired) electrons. The molecule has 0 spiro atoms. The minimum Gasteiger partial charge on any atom is -0.350 e. The van der Waals surface area contributed by atoms with Crippen molar-refractivity contribution in [2.24, 2.45) is 22.9 Å². The van der Waals surface area contributed by atoms with Crippen LogP contribution in [0.25, 0.3) is 0 Å². The van der Waals surface area contributed by atoms with Gasteiger partial charge >= 0.3 is 0 Å². The summed E-state index contributed by atoms with van der Waals surface area (Å²) in [7, 11) is 0. The van der Waals surface area contributed by atoms with Crippen LogP contribution in [0, 0.1) is 17.8 Å². The molecule has 5 rings (SSSR count). The largest absolute Gasteiger partial charge is 0.350 e. The van der Waals surface area contributed by atoms with Crippen molar-refractivity contribution in [2.75, 3.05) is 0 Å². The zero-order valence-corrected chi connectivity index (χ0v) is 15.3. The lowest BCUT2D eigenvalue weighted by Gasteiger charge is -2.56. The van der Waals surface area contributed by atoms with Crippen LogP contribution < -0.4 is 10.7 Å². The van der Waals surface area contributed by atoms with Crippen LogP contribution in [0.3, 0.4) is 0 Å². The lowest BCUT2D eigenvalue weighted by molar-refractivity contribution is -0.125. The molecule has 2 amide bonds. The number of rotatable bonds is 5. The summed E-state index contributed by atoms with van der Waals surface area (Å²) in [6.45, 7) is 1.78. The quantitative estimate of drug-likeness (QED) is 0.630. The lowest BCUT2D eigenvalue weighted by atomic mass is 9.53. The molecule has 4 aliphatic carbocycles. The van der Waals surface area contributed by atoms with Gasteiger partial charge in [0, 0.05) is 16.8 Å². The van der Waals surface area contributed by atoms with Crippen LogP contribution >= 0.6 is 0 Å². The number of nitrogens with one attached hydrogen (secondary N) is 2. The van der Waals surface area contributed by atoms with Crippen molar-refractivity contribution in [1.82, 2.24) is 10.7 Å². The Morgan fingerprint density at radius 1 is 1.04 bits per heavy atom. The summed E-state index contributed by atoms with van der Waals surface area (Å²) < 4.78 is 0. The van der Waals surface area contributed by atoms with Crippen molar-refractivity contribution in [3.05, 3.63) is 35.9 Å². The number of benzene rings is 1. The van der Waals surface area contributed by atoms with Crippen LogP contribution in [0.1, 0.15) is 62.2 Å². The first-order valence-corrected chi connectivity index (χ1v) is 9.71. The summed E-state index contributed by atoms with van der Waals surface area (Å²) in [4.78, 5) is 24.6. The van der Waals surface area contributed by atoms with E-state index in [9.17, 15) is 9.59 Å². The van der Waals surface area contributed by atoms with Crippen LogP contribution in [0.5, 0.6) is 0 Å². The first-order valence-electron chi connectivity index (χ1n) is 9.71. The van der Waals surface area contributed by atoms with Gasteiger partial charge < -0.3 is 5.32 Å². The topological polar surface area (TPSA) is 70.6 Å². The molecule has 0 saturated heterocycles. The molecule has 26 heavy (non-hydrogen) atoms. The standard InChI is InChI=1S/C21H27N3O2/c1-14(23-24-20(26)18-5-3-2-4-6-18)7-19(25)22-21-11-15-8-16(12-21)10-17(9-15)13-21/h2-6,15-17H,7-13H2,1H3,(H,22,25)(H,24,26)/b23-14-. The maximum absolute atomic E-state index is 12.5. The maximum atomic E-state index is 12.5. The molecule has 0 atom stereocenters. The van der Waals surface area contributed by atoms with Gasteiger partial charge in [-0.25, -0.2) is 5.43 Å². The molecule has 5 nitrogen and oxygen atoms in total. The number of carbonyl (C=O) groups is 2. The van der Waals surface area contributed by atoms with Crippen LogP contribution in [0.4, 0.5) is 0 Å². The predicted molar refractivity (Wildman–Crippen MR) is 101 cm³/mol. The van der Waals surface area contributed by atoms with E-state index in [-0.39, 0.29) is 23.8 Å². The van der Waals surface area contributed by atoms with Gasteiger partial charge in [0.2, 0.25) is 5.91 Å². The molecule has 4 saturated carbocycles. The van der Waals surface area contributed by atoms with Crippen LogP contribution in [0.15, 0.2) is 35.4 Å². The molecule has 1 aromatic carbocycles. The minimum atomic E-state index is -0.258. The van der Waals surface area contributed by atoms with E-state index in [2.05, 4.69) is 15.8 Å². The van der Waals surface area contributed by atoms with E-state index in [0.717, 1.165) is 37.0 Å². The fraction of sp³-hybridized carbons (Fsp3) is 0.571. The molecule has 5 heteroatoms. The van der Waals surface area contributed by atoms with Gasteiger partial charge in [0.1, 0.15) is 0 Å². The second-order valence-electron chi connectivity index (χ2n) is 8.58. The van der Waals surface area contributed by atoms with E-state index in [4.69, 9.17) is 0 Å². The van der Waals surface area contributed by atoms with Gasteiger partial charge in [-0.3, -0.25) is 9.59 Å². The summed E-state index contributed by atoms with van der Waals surface area (Å²) in [5, 5.41) is 7.43. The maximum Gasteiger partial charge on any atom is 0.271 e. The monoisotopic (exact) mass is 353 g/mol. The molecule has 0 unspecified atom stereocenters. The molecular weight excluding hydrogens is 326 g/mol. The van der Waals surface area contributed by atoms with Crippen LogP contribution in [-0.2, 0) is 4.79 Å². The number of nitrogens with zero attached hydrogens (tertiary/aromatic N) is 1. The van der Waals surface area contributed by atoms with Crippen molar-refractivity contribution < 1.29 is 9.59 Å². The number of hydrogen-bond acceptors (Lipinski definition) is 3. The van der Waals surface area contributed by atoms with Gasteiger partial charge in [-0.15, -0.1) is 0 Å². The third-order valence-electron chi connectivity index (χ3n) is 6.24. The third kappa shape index (κ3) is 3.67. The molecule has 2 N–H and O–H groups in total. The Morgan fingerprint density at radius 3 is 2.19 bits per heavy atom. The molecule has 4 bridgehead atoms. The van der Waals surface area contributed by atoms with Gasteiger partial charge in [-0.05, 0) is 75.3 Å². The Labute approximate surface area is 154 Å². The zero-order valence-electron chi connectivity index (χ0n) is 15.3. The minimum absolute atomic E-state index is 0.0272. The second kappa shape index (κ2) is 6.86. The van der Waals surface area contributed by atoms with E-state index in [0.29, 0.717) is 11.3 Å². The van der Waals surface area contributed by atoms with Crippen LogP contribution in [-0.4, -0.2) is 23.1 Å². The average Bonchev–Trinajstić information content (AvgIpc) is 2.58. The molecule has 0 aliphatic heterocycles. The molecule has 0 heterocycles. The fourth-order valence-corrected chi connectivity index (χ4v) is 5.68. The predicted octanol–water partition coefficient (Wildman–Crippen LogP) is 3.27. The van der Waals surface area contributed by atoms with Crippen molar-refractivity contribution in [3.8, 4) is 0 Å². The van der Waals surface area contributed by atoms with E-state index in [1.807, 2.05) is 18.2 Å². The van der Waals surface area contributed by atoms with Gasteiger partial charge in [-0.2, -0.15) is 5.10 Å². The van der Waals surface area contributed by atoms with E-state index < -0.39 is 0 Å².